The second-order valence-corrected chi connectivity index (χ2v) is 6.35. The van der Waals surface area contributed by atoms with Gasteiger partial charge in [-0.1, -0.05) is 17.6 Å². The van der Waals surface area contributed by atoms with Gasteiger partial charge in [0.05, 0.1) is 11.4 Å². The summed E-state index contributed by atoms with van der Waals surface area (Å²) >= 11 is 1.61. The molecule has 1 aliphatic carbocycles. The molecular formula is C14H20N4OS. The molecule has 0 aliphatic heterocycles. The fourth-order valence-electron chi connectivity index (χ4n) is 3.03. The van der Waals surface area contributed by atoms with E-state index < -0.39 is 0 Å². The SMILES string of the molecule is CN(Cc1noc(-c2cccs2)n1)C1CCCC1CN. The van der Waals surface area contributed by atoms with Gasteiger partial charge in [0, 0.05) is 6.04 Å². The molecule has 2 unspecified atom stereocenters. The molecule has 0 saturated heterocycles. The van der Waals surface area contributed by atoms with E-state index in [2.05, 4.69) is 22.1 Å². The highest BCUT2D eigenvalue weighted by Gasteiger charge is 2.29. The second-order valence-electron chi connectivity index (χ2n) is 5.40. The zero-order valence-electron chi connectivity index (χ0n) is 11.7. The Hall–Kier alpha value is -1.24. The van der Waals surface area contributed by atoms with E-state index in [4.69, 9.17) is 10.3 Å². The summed E-state index contributed by atoms with van der Waals surface area (Å²) in [7, 11) is 2.12. The first-order valence-electron chi connectivity index (χ1n) is 7.04. The van der Waals surface area contributed by atoms with Crippen LogP contribution < -0.4 is 5.73 Å². The summed E-state index contributed by atoms with van der Waals surface area (Å²) in [5.74, 6) is 1.97. The lowest BCUT2D eigenvalue weighted by molar-refractivity contribution is 0.186. The average molecular weight is 292 g/mol. The number of rotatable bonds is 5. The molecule has 0 bridgehead atoms. The number of nitrogens with two attached hydrogens (primary N) is 1. The molecule has 2 aromatic heterocycles. The van der Waals surface area contributed by atoms with Crippen LogP contribution in [0.4, 0.5) is 0 Å². The highest BCUT2D eigenvalue weighted by atomic mass is 32.1. The van der Waals surface area contributed by atoms with Gasteiger partial charge in [0.25, 0.3) is 5.89 Å². The molecule has 0 spiro atoms. The van der Waals surface area contributed by atoms with Gasteiger partial charge in [0.15, 0.2) is 5.82 Å². The van der Waals surface area contributed by atoms with E-state index in [1.165, 1.54) is 19.3 Å². The molecule has 5 nitrogen and oxygen atoms in total. The van der Waals surface area contributed by atoms with Crippen molar-refractivity contribution in [1.82, 2.24) is 15.0 Å². The maximum Gasteiger partial charge on any atom is 0.268 e. The molecular weight excluding hydrogens is 272 g/mol. The van der Waals surface area contributed by atoms with Gasteiger partial charge in [0.2, 0.25) is 0 Å². The largest absolute Gasteiger partial charge is 0.333 e. The molecule has 2 atom stereocenters. The summed E-state index contributed by atoms with van der Waals surface area (Å²) in [4.78, 5) is 7.81. The van der Waals surface area contributed by atoms with Gasteiger partial charge in [-0.3, -0.25) is 4.90 Å². The van der Waals surface area contributed by atoms with E-state index in [0.717, 1.165) is 23.8 Å². The molecule has 1 fully saturated rings. The Morgan fingerprint density at radius 2 is 2.40 bits per heavy atom. The normalized spacial score (nSPS) is 22.8. The van der Waals surface area contributed by atoms with Crippen molar-refractivity contribution in [3.8, 4) is 10.8 Å². The van der Waals surface area contributed by atoms with Crippen LogP contribution in [0.25, 0.3) is 10.8 Å². The van der Waals surface area contributed by atoms with Gasteiger partial charge in [-0.25, -0.2) is 0 Å². The fraction of sp³-hybridized carbons (Fsp3) is 0.571. The molecule has 1 aliphatic rings. The van der Waals surface area contributed by atoms with Gasteiger partial charge in [-0.05, 0) is 43.8 Å². The second kappa shape index (κ2) is 6.03. The predicted molar refractivity (Wildman–Crippen MR) is 79.3 cm³/mol. The number of nitrogens with zero attached hydrogens (tertiary/aromatic N) is 3. The standard InChI is InChI=1S/C14H20N4OS/c1-18(11-5-2-4-10(11)8-15)9-13-16-14(19-17-13)12-6-3-7-20-12/h3,6-7,10-11H,2,4-5,8-9,15H2,1H3. The van der Waals surface area contributed by atoms with E-state index in [0.29, 0.717) is 17.9 Å². The third kappa shape index (κ3) is 2.77. The van der Waals surface area contributed by atoms with Gasteiger partial charge in [0.1, 0.15) is 0 Å². The summed E-state index contributed by atoms with van der Waals surface area (Å²) < 4.78 is 5.32. The van der Waals surface area contributed by atoms with Crippen LogP contribution in [-0.2, 0) is 6.54 Å². The predicted octanol–water partition coefficient (Wildman–Crippen LogP) is 2.36. The lowest BCUT2D eigenvalue weighted by Gasteiger charge is -2.27. The van der Waals surface area contributed by atoms with Crippen LogP contribution in [0, 0.1) is 5.92 Å². The maximum atomic E-state index is 5.85. The number of hydrogen-bond donors (Lipinski definition) is 1. The number of hydrogen-bond acceptors (Lipinski definition) is 6. The van der Waals surface area contributed by atoms with Crippen molar-refractivity contribution < 1.29 is 4.52 Å². The Kier molecular flexibility index (Phi) is 4.14. The van der Waals surface area contributed by atoms with Crippen LogP contribution in [0.15, 0.2) is 22.0 Å². The lowest BCUT2D eigenvalue weighted by atomic mass is 10.0. The van der Waals surface area contributed by atoms with E-state index in [-0.39, 0.29) is 0 Å². The highest BCUT2D eigenvalue weighted by molar-refractivity contribution is 7.13. The summed E-state index contributed by atoms with van der Waals surface area (Å²) in [5, 5.41) is 6.09. The quantitative estimate of drug-likeness (QED) is 0.916. The van der Waals surface area contributed by atoms with Crippen LogP contribution in [-0.4, -0.2) is 34.7 Å². The van der Waals surface area contributed by atoms with Crippen LogP contribution in [0.2, 0.25) is 0 Å². The molecule has 2 aromatic rings. The molecule has 2 N–H and O–H groups in total. The van der Waals surface area contributed by atoms with E-state index in [9.17, 15) is 0 Å². The van der Waals surface area contributed by atoms with E-state index >= 15 is 0 Å². The smallest absolute Gasteiger partial charge is 0.268 e. The van der Waals surface area contributed by atoms with Crippen molar-refractivity contribution in [3.63, 3.8) is 0 Å². The fourth-order valence-corrected chi connectivity index (χ4v) is 3.68. The lowest BCUT2D eigenvalue weighted by Crippen LogP contribution is -2.37. The van der Waals surface area contributed by atoms with Gasteiger partial charge in [-0.2, -0.15) is 4.98 Å². The molecule has 2 heterocycles. The van der Waals surface area contributed by atoms with Gasteiger partial charge in [-0.15, -0.1) is 11.3 Å². The molecule has 0 radical (unpaired) electrons. The van der Waals surface area contributed by atoms with Crippen molar-refractivity contribution in [2.24, 2.45) is 11.7 Å². The Balaban J connectivity index is 1.66. The van der Waals surface area contributed by atoms with Crippen LogP contribution in [0.5, 0.6) is 0 Å². The van der Waals surface area contributed by atoms with Crippen molar-refractivity contribution in [1.29, 1.82) is 0 Å². The summed E-state index contributed by atoms with van der Waals surface area (Å²) in [6, 6.07) is 4.52. The van der Waals surface area contributed by atoms with E-state index in [1.54, 1.807) is 11.3 Å². The first-order valence-corrected chi connectivity index (χ1v) is 7.92. The summed E-state index contributed by atoms with van der Waals surface area (Å²) in [6.07, 6.45) is 3.72. The van der Waals surface area contributed by atoms with Crippen molar-refractivity contribution in [2.45, 2.75) is 31.8 Å². The zero-order valence-corrected chi connectivity index (χ0v) is 12.5. The Morgan fingerprint density at radius 1 is 1.50 bits per heavy atom. The molecule has 6 heteroatoms. The minimum absolute atomic E-state index is 0.545. The Labute approximate surface area is 122 Å². The summed E-state index contributed by atoms with van der Waals surface area (Å²) in [5.41, 5.74) is 5.85. The molecule has 0 aromatic carbocycles. The number of thiophene rings is 1. The van der Waals surface area contributed by atoms with Crippen molar-refractivity contribution in [2.75, 3.05) is 13.6 Å². The maximum absolute atomic E-state index is 5.85. The van der Waals surface area contributed by atoms with Gasteiger partial charge >= 0.3 is 0 Å². The first kappa shape index (κ1) is 13.7. The molecule has 1 saturated carbocycles. The molecule has 0 amide bonds. The number of aromatic nitrogens is 2. The average Bonchev–Trinajstić information content (AvgIpc) is 3.19. The third-order valence-electron chi connectivity index (χ3n) is 4.08. The molecule has 20 heavy (non-hydrogen) atoms. The van der Waals surface area contributed by atoms with Crippen molar-refractivity contribution in [3.05, 3.63) is 23.3 Å². The van der Waals surface area contributed by atoms with Crippen LogP contribution >= 0.6 is 11.3 Å². The van der Waals surface area contributed by atoms with Crippen LogP contribution in [0.1, 0.15) is 25.1 Å². The summed E-state index contributed by atoms with van der Waals surface area (Å²) in [6.45, 7) is 1.48. The Morgan fingerprint density at radius 3 is 3.15 bits per heavy atom. The minimum atomic E-state index is 0.545. The highest BCUT2D eigenvalue weighted by Crippen LogP contribution is 2.29. The first-order chi connectivity index (χ1) is 9.78. The van der Waals surface area contributed by atoms with Gasteiger partial charge < -0.3 is 10.3 Å². The monoisotopic (exact) mass is 292 g/mol. The molecule has 108 valence electrons. The zero-order chi connectivity index (χ0) is 13.9. The topological polar surface area (TPSA) is 68.2 Å². The van der Waals surface area contributed by atoms with E-state index in [1.807, 2.05) is 17.5 Å². The minimum Gasteiger partial charge on any atom is -0.333 e. The third-order valence-corrected chi connectivity index (χ3v) is 4.94. The van der Waals surface area contributed by atoms with Crippen LogP contribution in [0.3, 0.4) is 0 Å². The Bertz CT molecular complexity index is 539. The van der Waals surface area contributed by atoms with Crippen molar-refractivity contribution >= 4 is 11.3 Å². The molecule has 3 rings (SSSR count).